The molecule has 4 heteroatoms. The second kappa shape index (κ2) is 5.51. The molecule has 0 aromatic heterocycles. The summed E-state index contributed by atoms with van der Waals surface area (Å²) in [6.45, 7) is 1.53. The predicted octanol–water partition coefficient (Wildman–Crippen LogP) is 3.10. The van der Waals surface area contributed by atoms with Crippen molar-refractivity contribution < 1.29 is 19.0 Å². The minimum Gasteiger partial charge on any atom is -0.497 e. The fraction of sp³-hybridized carbons (Fsp3) is 0.250. The number of halogens is 1. The van der Waals surface area contributed by atoms with E-state index < -0.39 is 11.4 Å². The van der Waals surface area contributed by atoms with Gasteiger partial charge in [0.1, 0.15) is 22.9 Å². The monoisotopic (exact) mass is 276 g/mol. The van der Waals surface area contributed by atoms with Crippen LogP contribution in [-0.4, -0.2) is 19.3 Å². The Morgan fingerprint density at radius 3 is 2.40 bits per heavy atom. The van der Waals surface area contributed by atoms with Gasteiger partial charge in [-0.1, -0.05) is 18.2 Å². The van der Waals surface area contributed by atoms with Crippen LogP contribution < -0.4 is 9.47 Å². The minimum absolute atomic E-state index is 0.107. The van der Waals surface area contributed by atoms with Gasteiger partial charge in [0.05, 0.1) is 19.8 Å². The van der Waals surface area contributed by atoms with Crippen molar-refractivity contribution in [3.63, 3.8) is 0 Å². The van der Waals surface area contributed by atoms with Gasteiger partial charge < -0.3 is 14.6 Å². The van der Waals surface area contributed by atoms with Gasteiger partial charge in [-0.25, -0.2) is 4.39 Å². The van der Waals surface area contributed by atoms with E-state index in [1.54, 1.807) is 36.4 Å². The summed E-state index contributed by atoms with van der Waals surface area (Å²) in [6.07, 6.45) is 0. The third kappa shape index (κ3) is 2.47. The number of rotatable bonds is 4. The molecule has 1 unspecified atom stereocenters. The Morgan fingerprint density at radius 2 is 1.75 bits per heavy atom. The third-order valence-electron chi connectivity index (χ3n) is 3.31. The van der Waals surface area contributed by atoms with Crippen molar-refractivity contribution in [2.45, 2.75) is 12.5 Å². The molecule has 20 heavy (non-hydrogen) atoms. The Morgan fingerprint density at radius 1 is 1.05 bits per heavy atom. The van der Waals surface area contributed by atoms with Crippen LogP contribution in [0.4, 0.5) is 4.39 Å². The SMILES string of the molecule is COc1cccc(C(C)(O)c2c(F)cccc2OC)c1. The lowest BCUT2D eigenvalue weighted by Crippen LogP contribution is -2.25. The van der Waals surface area contributed by atoms with E-state index in [-0.39, 0.29) is 5.56 Å². The summed E-state index contributed by atoms with van der Waals surface area (Å²) in [5.74, 6) is 0.382. The highest BCUT2D eigenvalue weighted by molar-refractivity contribution is 5.46. The molecule has 0 spiro atoms. The maximum atomic E-state index is 14.1. The zero-order chi connectivity index (χ0) is 14.8. The molecule has 106 valence electrons. The van der Waals surface area contributed by atoms with Crippen molar-refractivity contribution in [3.05, 3.63) is 59.4 Å². The number of methoxy groups -OCH3 is 2. The number of hydrogen-bond donors (Lipinski definition) is 1. The van der Waals surface area contributed by atoms with Crippen LogP contribution >= 0.6 is 0 Å². The van der Waals surface area contributed by atoms with E-state index in [9.17, 15) is 9.50 Å². The second-order valence-corrected chi connectivity index (χ2v) is 4.62. The van der Waals surface area contributed by atoms with E-state index in [0.29, 0.717) is 17.1 Å². The Balaban J connectivity index is 2.59. The molecule has 0 bridgehead atoms. The Labute approximate surface area is 117 Å². The van der Waals surface area contributed by atoms with E-state index in [1.165, 1.54) is 27.2 Å². The second-order valence-electron chi connectivity index (χ2n) is 4.62. The smallest absolute Gasteiger partial charge is 0.133 e. The summed E-state index contributed by atoms with van der Waals surface area (Å²) >= 11 is 0. The summed E-state index contributed by atoms with van der Waals surface area (Å²) in [5.41, 5.74) is -0.887. The largest absolute Gasteiger partial charge is 0.497 e. The van der Waals surface area contributed by atoms with Crippen molar-refractivity contribution in [2.24, 2.45) is 0 Å². The standard InChI is InChI=1S/C16H17FO3/c1-16(18,11-6-4-7-12(10-11)19-2)15-13(17)8-5-9-14(15)20-3/h4-10,18H,1-3H3. The summed E-state index contributed by atoms with van der Waals surface area (Å²) in [5, 5.41) is 10.8. The predicted molar refractivity (Wildman–Crippen MR) is 74.6 cm³/mol. The molecule has 0 heterocycles. The number of hydrogen-bond acceptors (Lipinski definition) is 3. The van der Waals surface area contributed by atoms with Crippen LogP contribution in [0, 0.1) is 5.82 Å². The first-order valence-electron chi connectivity index (χ1n) is 6.20. The van der Waals surface area contributed by atoms with Gasteiger partial charge in [0, 0.05) is 0 Å². The third-order valence-corrected chi connectivity index (χ3v) is 3.31. The molecular formula is C16H17FO3. The fourth-order valence-electron chi connectivity index (χ4n) is 2.22. The minimum atomic E-state index is -1.52. The van der Waals surface area contributed by atoms with Gasteiger partial charge in [0.25, 0.3) is 0 Å². The Hall–Kier alpha value is -2.07. The van der Waals surface area contributed by atoms with E-state index in [4.69, 9.17) is 9.47 Å². The highest BCUT2D eigenvalue weighted by atomic mass is 19.1. The van der Waals surface area contributed by atoms with Gasteiger partial charge in [-0.05, 0) is 36.8 Å². The van der Waals surface area contributed by atoms with E-state index in [0.717, 1.165) is 0 Å². The molecule has 0 radical (unpaired) electrons. The average molecular weight is 276 g/mol. The van der Waals surface area contributed by atoms with Crippen molar-refractivity contribution in [1.29, 1.82) is 0 Å². The Kier molecular flexibility index (Phi) is 3.95. The number of ether oxygens (including phenoxy) is 2. The van der Waals surface area contributed by atoms with Crippen molar-refractivity contribution >= 4 is 0 Å². The summed E-state index contributed by atoms with van der Waals surface area (Å²) < 4.78 is 24.4. The summed E-state index contributed by atoms with van der Waals surface area (Å²) in [4.78, 5) is 0. The molecule has 0 amide bonds. The van der Waals surface area contributed by atoms with E-state index in [2.05, 4.69) is 0 Å². The lowest BCUT2D eigenvalue weighted by molar-refractivity contribution is 0.0942. The molecule has 0 aliphatic rings. The fourth-order valence-corrected chi connectivity index (χ4v) is 2.22. The highest BCUT2D eigenvalue weighted by Gasteiger charge is 2.32. The maximum absolute atomic E-state index is 14.1. The average Bonchev–Trinajstić information content (AvgIpc) is 2.46. The first-order valence-corrected chi connectivity index (χ1v) is 6.20. The van der Waals surface area contributed by atoms with Gasteiger partial charge in [0.15, 0.2) is 0 Å². The number of aliphatic hydroxyl groups is 1. The van der Waals surface area contributed by atoms with Crippen LogP contribution in [-0.2, 0) is 5.60 Å². The first-order chi connectivity index (χ1) is 9.50. The van der Waals surface area contributed by atoms with Crippen LogP contribution in [0.2, 0.25) is 0 Å². The van der Waals surface area contributed by atoms with Crippen LogP contribution in [0.15, 0.2) is 42.5 Å². The molecule has 2 aromatic carbocycles. The van der Waals surface area contributed by atoms with Crippen molar-refractivity contribution in [1.82, 2.24) is 0 Å². The molecule has 3 nitrogen and oxygen atoms in total. The highest BCUT2D eigenvalue weighted by Crippen LogP contribution is 2.38. The van der Waals surface area contributed by atoms with Gasteiger partial charge in [-0.15, -0.1) is 0 Å². The maximum Gasteiger partial charge on any atom is 0.133 e. The quantitative estimate of drug-likeness (QED) is 0.932. The zero-order valence-electron chi connectivity index (χ0n) is 11.7. The molecular weight excluding hydrogens is 259 g/mol. The topological polar surface area (TPSA) is 38.7 Å². The molecule has 1 atom stereocenters. The van der Waals surface area contributed by atoms with Crippen LogP contribution in [0.25, 0.3) is 0 Å². The van der Waals surface area contributed by atoms with Gasteiger partial charge >= 0.3 is 0 Å². The van der Waals surface area contributed by atoms with Gasteiger partial charge in [-0.3, -0.25) is 0 Å². The summed E-state index contributed by atoms with van der Waals surface area (Å²) in [6, 6.07) is 11.4. The number of benzene rings is 2. The van der Waals surface area contributed by atoms with E-state index >= 15 is 0 Å². The molecule has 0 saturated carbocycles. The van der Waals surface area contributed by atoms with Crippen LogP contribution in [0.3, 0.4) is 0 Å². The lowest BCUT2D eigenvalue weighted by Gasteiger charge is -2.27. The molecule has 0 fully saturated rings. The normalized spacial score (nSPS) is 13.7. The molecule has 0 aliphatic carbocycles. The van der Waals surface area contributed by atoms with Crippen LogP contribution in [0.5, 0.6) is 11.5 Å². The first kappa shape index (κ1) is 14.3. The van der Waals surface area contributed by atoms with Gasteiger partial charge in [0.2, 0.25) is 0 Å². The lowest BCUT2D eigenvalue weighted by atomic mass is 9.87. The molecule has 0 saturated heterocycles. The molecule has 0 aliphatic heterocycles. The molecule has 1 N–H and O–H groups in total. The Bertz CT molecular complexity index is 608. The summed E-state index contributed by atoms with van der Waals surface area (Å²) in [7, 11) is 2.98. The molecule has 2 aromatic rings. The van der Waals surface area contributed by atoms with Crippen LogP contribution in [0.1, 0.15) is 18.1 Å². The zero-order valence-corrected chi connectivity index (χ0v) is 11.7. The van der Waals surface area contributed by atoms with E-state index in [1.807, 2.05) is 0 Å². The molecule has 2 rings (SSSR count). The van der Waals surface area contributed by atoms with Gasteiger partial charge in [-0.2, -0.15) is 0 Å². The van der Waals surface area contributed by atoms with Crippen molar-refractivity contribution in [2.75, 3.05) is 14.2 Å². The van der Waals surface area contributed by atoms with Crippen molar-refractivity contribution in [3.8, 4) is 11.5 Å².